The van der Waals surface area contributed by atoms with Gasteiger partial charge in [0.15, 0.2) is 17.3 Å². The van der Waals surface area contributed by atoms with Gasteiger partial charge in [-0.05, 0) is 12.3 Å². The predicted molar refractivity (Wildman–Crippen MR) is 120 cm³/mol. The number of benzene rings is 1. The van der Waals surface area contributed by atoms with Gasteiger partial charge < -0.3 is 24.1 Å². The van der Waals surface area contributed by atoms with Crippen molar-refractivity contribution in [2.75, 3.05) is 21.3 Å². The molecule has 1 aromatic carbocycles. The first-order chi connectivity index (χ1) is 15.5. The Balaban J connectivity index is 2.23. The van der Waals surface area contributed by atoms with Crippen LogP contribution >= 0.6 is 11.6 Å². The van der Waals surface area contributed by atoms with Crippen LogP contribution in [0.25, 0.3) is 0 Å². The first-order valence-electron chi connectivity index (χ1n) is 10.7. The van der Waals surface area contributed by atoms with Crippen molar-refractivity contribution in [1.29, 1.82) is 0 Å². The lowest BCUT2D eigenvalue weighted by molar-refractivity contribution is -0.141. The number of aliphatic hydroxyl groups excluding tert-OH is 1. The quantitative estimate of drug-likeness (QED) is 0.575. The average Bonchev–Trinajstić information content (AvgIpc) is 3.07. The molecule has 0 amide bonds. The maximum Gasteiger partial charge on any atom is 0.306 e. The molecule has 1 heterocycles. The molecule has 1 N–H and O–H groups in total. The Morgan fingerprint density at radius 1 is 1.24 bits per heavy atom. The van der Waals surface area contributed by atoms with E-state index in [1.807, 2.05) is 13.8 Å². The molecule has 33 heavy (non-hydrogen) atoms. The maximum atomic E-state index is 13.8. The standard InChI is InChI=1S/C24H29ClO8/c1-11(2)7-13(9-17(27)32-6)18-14(26)8-12(3)24(22(18)28)23(29)19-15(30-4)10-16(31-5)20(25)21(19)33-24/h10-13,28H,7-9H2,1-6H3/t12-,13?,24+/m1/s1. The third kappa shape index (κ3) is 3.94. The summed E-state index contributed by atoms with van der Waals surface area (Å²) in [6.45, 7) is 5.54. The van der Waals surface area contributed by atoms with Crippen LogP contribution in [0, 0.1) is 17.8 Å². The highest BCUT2D eigenvalue weighted by Crippen LogP contribution is 2.55. The first-order valence-corrected chi connectivity index (χ1v) is 11.1. The molecule has 0 saturated heterocycles. The van der Waals surface area contributed by atoms with Gasteiger partial charge in [0, 0.05) is 29.9 Å². The van der Waals surface area contributed by atoms with E-state index in [0.29, 0.717) is 6.42 Å². The Bertz CT molecular complexity index is 1030. The molecule has 1 aromatic rings. The highest BCUT2D eigenvalue weighted by Gasteiger charge is 2.61. The lowest BCUT2D eigenvalue weighted by atomic mass is 9.69. The van der Waals surface area contributed by atoms with E-state index in [1.54, 1.807) is 6.92 Å². The molecule has 0 fully saturated rings. The molecule has 1 unspecified atom stereocenters. The molecule has 9 heteroatoms. The van der Waals surface area contributed by atoms with Crippen LogP contribution in [-0.4, -0.2) is 49.6 Å². The number of esters is 1. The number of Topliss-reactive ketones (excluding diaryl/α,β-unsaturated/α-hetero) is 2. The molecule has 0 saturated carbocycles. The molecular weight excluding hydrogens is 452 g/mol. The number of allylic oxidation sites excluding steroid dienone is 1. The van der Waals surface area contributed by atoms with E-state index in [-0.39, 0.29) is 58.0 Å². The molecule has 1 aliphatic heterocycles. The van der Waals surface area contributed by atoms with Gasteiger partial charge in [-0.15, -0.1) is 0 Å². The molecule has 0 aromatic heterocycles. The highest BCUT2D eigenvalue weighted by molar-refractivity contribution is 6.35. The number of carbonyl (C=O) groups is 3. The molecule has 1 aliphatic carbocycles. The van der Waals surface area contributed by atoms with Crippen molar-refractivity contribution in [1.82, 2.24) is 0 Å². The molecule has 0 radical (unpaired) electrons. The fourth-order valence-electron chi connectivity index (χ4n) is 4.76. The Labute approximate surface area is 197 Å². The SMILES string of the molecule is COC(=O)CC(CC(C)C)C1=C(O)[C@@]2(Oc3c(Cl)c(OC)cc(OC)c3C2=O)[C@H](C)CC1=O. The number of ketones is 2. The molecule has 2 aliphatic rings. The zero-order valence-electron chi connectivity index (χ0n) is 19.6. The monoisotopic (exact) mass is 480 g/mol. The minimum atomic E-state index is -1.86. The summed E-state index contributed by atoms with van der Waals surface area (Å²) in [5, 5.41) is 11.6. The van der Waals surface area contributed by atoms with Crippen LogP contribution in [0.15, 0.2) is 17.4 Å². The van der Waals surface area contributed by atoms with Crippen molar-refractivity contribution in [2.24, 2.45) is 17.8 Å². The largest absolute Gasteiger partial charge is 0.507 e. The molecule has 3 rings (SSSR count). The van der Waals surface area contributed by atoms with E-state index in [9.17, 15) is 19.5 Å². The topological polar surface area (TPSA) is 108 Å². The van der Waals surface area contributed by atoms with Crippen LogP contribution < -0.4 is 14.2 Å². The van der Waals surface area contributed by atoms with Crippen molar-refractivity contribution < 1.29 is 38.4 Å². The number of aliphatic hydroxyl groups is 1. The van der Waals surface area contributed by atoms with E-state index in [2.05, 4.69) is 0 Å². The number of rotatable bonds is 7. The number of hydrogen-bond acceptors (Lipinski definition) is 8. The summed E-state index contributed by atoms with van der Waals surface area (Å²) < 4.78 is 21.6. The summed E-state index contributed by atoms with van der Waals surface area (Å²) in [5.41, 5.74) is -1.76. The highest BCUT2D eigenvalue weighted by atomic mass is 35.5. The van der Waals surface area contributed by atoms with E-state index < -0.39 is 34.9 Å². The second-order valence-corrected chi connectivity index (χ2v) is 9.24. The molecule has 0 bridgehead atoms. The van der Waals surface area contributed by atoms with Crippen LogP contribution in [0.5, 0.6) is 17.2 Å². The maximum absolute atomic E-state index is 13.8. The van der Waals surface area contributed by atoms with Crippen LogP contribution in [0.4, 0.5) is 0 Å². The fourth-order valence-corrected chi connectivity index (χ4v) is 5.02. The number of fused-ring (bicyclic) bond motifs is 1. The molecular formula is C24H29ClO8. The zero-order valence-corrected chi connectivity index (χ0v) is 20.4. The van der Waals surface area contributed by atoms with E-state index in [1.165, 1.54) is 27.4 Å². The lowest BCUT2D eigenvalue weighted by Gasteiger charge is -2.38. The third-order valence-corrected chi connectivity index (χ3v) is 6.67. The summed E-state index contributed by atoms with van der Waals surface area (Å²) in [6.07, 6.45) is 0.277. The van der Waals surface area contributed by atoms with Crippen LogP contribution in [-0.2, 0) is 14.3 Å². The number of carbonyl (C=O) groups excluding carboxylic acids is 3. The second kappa shape index (κ2) is 9.25. The average molecular weight is 481 g/mol. The minimum absolute atomic E-state index is 0.0235. The van der Waals surface area contributed by atoms with Gasteiger partial charge in [0.05, 0.1) is 27.8 Å². The minimum Gasteiger partial charge on any atom is -0.507 e. The summed E-state index contributed by atoms with van der Waals surface area (Å²) in [7, 11) is 4.07. The van der Waals surface area contributed by atoms with E-state index in [0.717, 1.165) is 0 Å². The number of ether oxygens (including phenoxy) is 4. The Hall–Kier alpha value is -2.74. The van der Waals surface area contributed by atoms with Gasteiger partial charge in [-0.2, -0.15) is 0 Å². The molecule has 1 spiro atoms. The first kappa shape index (κ1) is 24.9. The second-order valence-electron chi connectivity index (χ2n) is 8.86. The van der Waals surface area contributed by atoms with Gasteiger partial charge >= 0.3 is 5.97 Å². The van der Waals surface area contributed by atoms with E-state index >= 15 is 0 Å². The van der Waals surface area contributed by atoms with Gasteiger partial charge in [0.2, 0.25) is 11.4 Å². The number of halogens is 1. The normalized spacial score (nSPS) is 23.0. The third-order valence-electron chi connectivity index (χ3n) is 6.32. The molecule has 180 valence electrons. The summed E-state index contributed by atoms with van der Waals surface area (Å²) in [5.74, 6) is -2.67. The van der Waals surface area contributed by atoms with Gasteiger partial charge in [-0.3, -0.25) is 14.4 Å². The number of methoxy groups -OCH3 is 3. The van der Waals surface area contributed by atoms with Crippen molar-refractivity contribution in [3.8, 4) is 17.2 Å². The Kier molecular flexibility index (Phi) is 6.98. The Morgan fingerprint density at radius 2 is 1.88 bits per heavy atom. The summed E-state index contributed by atoms with van der Waals surface area (Å²) >= 11 is 6.45. The van der Waals surface area contributed by atoms with E-state index in [4.69, 9.17) is 30.5 Å². The fraction of sp³-hybridized carbons (Fsp3) is 0.542. The van der Waals surface area contributed by atoms with Gasteiger partial charge in [-0.1, -0.05) is 32.4 Å². The Morgan fingerprint density at radius 3 is 2.42 bits per heavy atom. The summed E-state index contributed by atoms with van der Waals surface area (Å²) in [4.78, 5) is 39.0. The molecule has 3 atom stereocenters. The van der Waals surface area contributed by atoms with Crippen LogP contribution in [0.3, 0.4) is 0 Å². The van der Waals surface area contributed by atoms with Crippen molar-refractivity contribution in [3.05, 3.63) is 28.0 Å². The molecule has 8 nitrogen and oxygen atoms in total. The van der Waals surface area contributed by atoms with Crippen LogP contribution in [0.1, 0.15) is 50.4 Å². The van der Waals surface area contributed by atoms with Crippen molar-refractivity contribution >= 4 is 29.1 Å². The van der Waals surface area contributed by atoms with Crippen LogP contribution in [0.2, 0.25) is 5.02 Å². The summed E-state index contributed by atoms with van der Waals surface area (Å²) in [6, 6.07) is 1.47. The van der Waals surface area contributed by atoms with Gasteiger partial charge in [-0.25, -0.2) is 0 Å². The van der Waals surface area contributed by atoms with Crippen molar-refractivity contribution in [2.45, 2.75) is 45.6 Å². The predicted octanol–water partition coefficient (Wildman–Crippen LogP) is 4.32. The zero-order chi connectivity index (χ0) is 24.7. The lowest BCUT2D eigenvalue weighted by Crippen LogP contribution is -2.53. The van der Waals surface area contributed by atoms with Gasteiger partial charge in [0.1, 0.15) is 22.1 Å². The van der Waals surface area contributed by atoms with Crippen molar-refractivity contribution in [3.63, 3.8) is 0 Å². The smallest absolute Gasteiger partial charge is 0.306 e. The van der Waals surface area contributed by atoms with Gasteiger partial charge in [0.25, 0.3) is 0 Å². The number of hydrogen-bond donors (Lipinski definition) is 1.